The summed E-state index contributed by atoms with van der Waals surface area (Å²) < 4.78 is 0. The van der Waals surface area contributed by atoms with E-state index in [-0.39, 0.29) is 37.7 Å². The number of rotatable bonds is 5. The molecular formula is C6H5HoO7. The molecule has 0 atom stereocenters. The molecule has 0 rings (SSSR count). The Kier molecular flexibility index (Phi) is 7.09. The van der Waals surface area contributed by atoms with Gasteiger partial charge in [0.25, 0.3) is 0 Å². The second-order valence-electron chi connectivity index (χ2n) is 2.42. The van der Waals surface area contributed by atoms with Crippen LogP contribution in [0, 0.1) is 37.7 Å². The number of aliphatic hydroxyl groups is 1. The molecule has 0 saturated carbocycles. The van der Waals surface area contributed by atoms with Crippen molar-refractivity contribution in [2.45, 2.75) is 18.4 Å². The van der Waals surface area contributed by atoms with E-state index in [0.717, 1.165) is 0 Å². The minimum atomic E-state index is -2.97. The molecule has 0 aromatic rings. The van der Waals surface area contributed by atoms with Crippen molar-refractivity contribution in [1.82, 2.24) is 0 Å². The molecule has 0 aliphatic heterocycles. The van der Waals surface area contributed by atoms with Gasteiger partial charge in [-0.1, -0.05) is 0 Å². The molecular weight excluding hydrogens is 349 g/mol. The first-order valence-electron chi connectivity index (χ1n) is 3.11. The molecule has 8 heteroatoms. The normalized spacial score (nSPS) is 10.1. The maximum absolute atomic E-state index is 10.1. The fraction of sp³-hybridized carbons (Fsp3) is 0.500. The number of carboxylic acids is 3. The van der Waals surface area contributed by atoms with E-state index in [2.05, 4.69) is 0 Å². The molecule has 0 aliphatic carbocycles. The zero-order chi connectivity index (χ0) is 10.6. The zero-order valence-corrected chi connectivity index (χ0v) is 8.55. The summed E-state index contributed by atoms with van der Waals surface area (Å²) in [5.74, 6) is -5.98. The first-order chi connectivity index (χ1) is 5.78. The average molecular weight is 354 g/mol. The molecule has 0 fully saturated rings. The summed E-state index contributed by atoms with van der Waals surface area (Å²) in [5.41, 5.74) is -2.97. The van der Waals surface area contributed by atoms with Gasteiger partial charge in [0.05, 0.1) is 5.97 Å². The summed E-state index contributed by atoms with van der Waals surface area (Å²) in [6.07, 6.45) is -2.72. The molecule has 0 aromatic carbocycles. The topological polar surface area (TPSA) is 141 Å². The molecule has 1 N–H and O–H groups in total. The van der Waals surface area contributed by atoms with E-state index in [9.17, 15) is 29.7 Å². The van der Waals surface area contributed by atoms with Gasteiger partial charge in [0, 0.05) is 24.8 Å². The third-order valence-corrected chi connectivity index (χ3v) is 1.25. The maximum Gasteiger partial charge on any atom is 3.00 e. The van der Waals surface area contributed by atoms with Gasteiger partial charge < -0.3 is 34.8 Å². The van der Waals surface area contributed by atoms with Crippen molar-refractivity contribution >= 4 is 17.9 Å². The largest absolute Gasteiger partial charge is 3.00 e. The monoisotopic (exact) mass is 354 g/mol. The van der Waals surface area contributed by atoms with Crippen LogP contribution in [0.5, 0.6) is 0 Å². The van der Waals surface area contributed by atoms with Crippen molar-refractivity contribution in [2.24, 2.45) is 0 Å². The maximum atomic E-state index is 10.1. The SMILES string of the molecule is O=C([O-])CC(O)(CC(=O)[O-])C(=O)[O-].[Ho+3]. The first-order valence-corrected chi connectivity index (χ1v) is 3.11. The van der Waals surface area contributed by atoms with Crippen LogP contribution in [-0.2, 0) is 14.4 Å². The Balaban J connectivity index is 0. The van der Waals surface area contributed by atoms with Gasteiger partial charge in [-0.3, -0.25) is 0 Å². The van der Waals surface area contributed by atoms with Crippen LogP contribution >= 0.6 is 0 Å². The summed E-state index contributed by atoms with van der Waals surface area (Å²) in [5, 5.41) is 38.9. The van der Waals surface area contributed by atoms with E-state index in [1.807, 2.05) is 0 Å². The Morgan fingerprint density at radius 2 is 1.29 bits per heavy atom. The van der Waals surface area contributed by atoms with Gasteiger partial charge in [0.2, 0.25) is 0 Å². The summed E-state index contributed by atoms with van der Waals surface area (Å²) in [7, 11) is 0. The zero-order valence-electron chi connectivity index (χ0n) is 6.61. The molecule has 0 spiro atoms. The number of aliphatic carboxylic acids is 3. The number of carboxylic acid groups (broad SMARTS) is 3. The molecule has 14 heavy (non-hydrogen) atoms. The molecule has 0 radical (unpaired) electrons. The molecule has 0 aliphatic rings. The molecule has 0 bridgehead atoms. The van der Waals surface area contributed by atoms with Crippen LogP contribution in [0.25, 0.3) is 0 Å². The van der Waals surface area contributed by atoms with Gasteiger partial charge >= 0.3 is 37.7 Å². The van der Waals surface area contributed by atoms with Crippen LogP contribution in [0.4, 0.5) is 0 Å². The Labute approximate surface area is 108 Å². The van der Waals surface area contributed by atoms with Crippen LogP contribution in [0.3, 0.4) is 0 Å². The van der Waals surface area contributed by atoms with E-state index in [0.29, 0.717) is 0 Å². The van der Waals surface area contributed by atoms with Crippen molar-refractivity contribution in [3.63, 3.8) is 0 Å². The van der Waals surface area contributed by atoms with Gasteiger partial charge in [0.1, 0.15) is 5.60 Å². The minimum absolute atomic E-state index is 0. The van der Waals surface area contributed by atoms with Crippen molar-refractivity contribution in [1.29, 1.82) is 0 Å². The van der Waals surface area contributed by atoms with Crippen molar-refractivity contribution < 1.29 is 72.5 Å². The predicted molar refractivity (Wildman–Crippen MR) is 29.2 cm³/mol. The van der Waals surface area contributed by atoms with Gasteiger partial charge in [0.15, 0.2) is 0 Å². The smallest absolute Gasteiger partial charge is 0.550 e. The van der Waals surface area contributed by atoms with E-state index in [1.165, 1.54) is 0 Å². The van der Waals surface area contributed by atoms with Crippen LogP contribution < -0.4 is 15.3 Å². The number of carbonyl (C=O) groups is 3. The number of hydrogen-bond donors (Lipinski definition) is 1. The van der Waals surface area contributed by atoms with Crippen molar-refractivity contribution in [2.75, 3.05) is 0 Å². The Bertz CT molecular complexity index is 233. The molecule has 82 valence electrons. The molecule has 0 amide bonds. The van der Waals surface area contributed by atoms with Gasteiger partial charge in [-0.05, 0) is 0 Å². The third kappa shape index (κ3) is 5.38. The Morgan fingerprint density at radius 1 is 1.00 bits per heavy atom. The number of hydrogen-bond acceptors (Lipinski definition) is 7. The van der Waals surface area contributed by atoms with Crippen molar-refractivity contribution in [3.05, 3.63) is 0 Å². The van der Waals surface area contributed by atoms with Gasteiger partial charge in [-0.2, -0.15) is 0 Å². The van der Waals surface area contributed by atoms with Crippen LogP contribution in [0.1, 0.15) is 12.8 Å². The van der Waals surface area contributed by atoms with E-state index < -0.39 is 36.4 Å². The quantitative estimate of drug-likeness (QED) is 0.487. The Morgan fingerprint density at radius 3 is 1.43 bits per heavy atom. The second kappa shape index (κ2) is 6.18. The van der Waals surface area contributed by atoms with Crippen molar-refractivity contribution in [3.8, 4) is 0 Å². The predicted octanol–water partition coefficient (Wildman–Crippen LogP) is -5.25. The standard InChI is InChI=1S/C6H8O7.Ho/c7-3(8)1-6(13,5(11)12)2-4(9)10;/h13H,1-2H2,(H,7,8)(H,9,10)(H,11,12);/q;+3/p-3. The third-order valence-electron chi connectivity index (χ3n) is 1.25. The summed E-state index contributed by atoms with van der Waals surface area (Å²) in [6, 6.07) is 0. The fourth-order valence-corrected chi connectivity index (χ4v) is 0.684. The van der Waals surface area contributed by atoms with Gasteiger partial charge in [-0.25, -0.2) is 0 Å². The fourth-order valence-electron chi connectivity index (χ4n) is 0.684. The summed E-state index contributed by atoms with van der Waals surface area (Å²) in [6.45, 7) is 0. The minimum Gasteiger partial charge on any atom is -0.550 e. The number of carbonyl (C=O) groups excluding carboxylic acids is 3. The van der Waals surface area contributed by atoms with Crippen LogP contribution in [-0.4, -0.2) is 28.6 Å². The molecule has 7 nitrogen and oxygen atoms in total. The Hall–Kier alpha value is -0.370. The van der Waals surface area contributed by atoms with E-state index in [4.69, 9.17) is 5.11 Å². The average Bonchev–Trinajstić information content (AvgIpc) is 1.82. The first kappa shape index (κ1) is 16.1. The van der Waals surface area contributed by atoms with Crippen LogP contribution in [0.15, 0.2) is 0 Å². The van der Waals surface area contributed by atoms with E-state index >= 15 is 0 Å². The summed E-state index contributed by atoms with van der Waals surface area (Å²) in [4.78, 5) is 30.0. The van der Waals surface area contributed by atoms with Crippen LogP contribution in [0.2, 0.25) is 0 Å². The molecule has 0 aromatic heterocycles. The van der Waals surface area contributed by atoms with E-state index in [1.54, 1.807) is 0 Å². The van der Waals surface area contributed by atoms with Gasteiger partial charge in [-0.15, -0.1) is 0 Å². The summed E-state index contributed by atoms with van der Waals surface area (Å²) >= 11 is 0. The molecule has 0 saturated heterocycles. The second-order valence-corrected chi connectivity index (χ2v) is 2.42. The molecule has 0 heterocycles. The molecule has 0 unspecified atom stereocenters.